The van der Waals surface area contributed by atoms with Crippen molar-refractivity contribution in [2.75, 3.05) is 54.4 Å². The fraction of sp³-hybridized carbons (Fsp3) is 0.409. The number of alkyl halides is 6. The Labute approximate surface area is 417 Å². The van der Waals surface area contributed by atoms with Gasteiger partial charge >= 0.3 is 36.4 Å². The minimum Gasteiger partial charge on any atom is -0.332 e. The van der Waals surface area contributed by atoms with Crippen molar-refractivity contribution in [1.29, 1.82) is 0 Å². The normalized spacial score (nSPS) is 16.4. The van der Waals surface area contributed by atoms with E-state index in [-0.39, 0.29) is 68.0 Å². The number of carbonyl (C=O) groups excluding carboxylic acids is 4. The molecule has 70 heavy (non-hydrogen) atoms. The average molecular weight is 1060 g/mol. The van der Waals surface area contributed by atoms with Crippen molar-refractivity contribution in [2.24, 2.45) is 0 Å². The third kappa shape index (κ3) is 12.5. The van der Waals surface area contributed by atoms with E-state index in [0.29, 0.717) is 48.5 Å². The van der Waals surface area contributed by atoms with E-state index in [9.17, 15) is 19.2 Å². The van der Waals surface area contributed by atoms with Gasteiger partial charge in [0.2, 0.25) is 0 Å². The minimum atomic E-state index is -5.16. The van der Waals surface area contributed by atoms with Crippen LogP contribution < -0.4 is 0 Å². The number of hydroxylamine groups is 4. The van der Waals surface area contributed by atoms with Crippen LogP contribution in [0.15, 0.2) is 73.6 Å². The van der Waals surface area contributed by atoms with Gasteiger partial charge in [-0.15, -0.1) is 10.1 Å². The SMILES string of the molecule is CN1CCC(N(OC(=O)/C=C/C(=O)ON(C(=O)N(C)[C@@H](c2ccc(-c3cnccn3)c(Cl)c2Cl)C(F)(F)F)C2CCN(C)CC2)C(=O)N(C)[C@@H](c2ccc(-c3cnccn3)c(Cl)c2Cl)C(F)(F)F)CC1. The number of hydrogen-bond donors (Lipinski definition) is 0. The highest BCUT2D eigenvalue weighted by Crippen LogP contribution is 2.47. The lowest BCUT2D eigenvalue weighted by molar-refractivity contribution is -0.198. The van der Waals surface area contributed by atoms with E-state index in [4.69, 9.17) is 56.1 Å². The van der Waals surface area contributed by atoms with Gasteiger partial charge in [-0.2, -0.15) is 26.3 Å². The zero-order valence-electron chi connectivity index (χ0n) is 37.6. The van der Waals surface area contributed by atoms with Gasteiger partial charge in [-0.3, -0.25) is 19.9 Å². The fourth-order valence-corrected chi connectivity index (χ4v) is 9.03. The van der Waals surface area contributed by atoms with Crippen LogP contribution >= 0.6 is 46.4 Å². The molecule has 4 amide bonds. The van der Waals surface area contributed by atoms with Crippen LogP contribution in [0.5, 0.6) is 0 Å². The van der Waals surface area contributed by atoms with E-state index < -0.39 is 81.7 Å². The third-order valence-electron chi connectivity index (χ3n) is 11.6. The summed E-state index contributed by atoms with van der Waals surface area (Å²) < 4.78 is 90.1. The Kier molecular flexibility index (Phi) is 17.5. The molecule has 2 aliphatic heterocycles. The smallest absolute Gasteiger partial charge is 0.332 e. The molecular weight excluding hydrogens is 1020 g/mol. The first-order chi connectivity index (χ1) is 33.0. The van der Waals surface area contributed by atoms with Crippen LogP contribution in [-0.2, 0) is 19.3 Å². The van der Waals surface area contributed by atoms with E-state index in [0.717, 1.165) is 26.2 Å². The van der Waals surface area contributed by atoms with Gasteiger partial charge in [0.05, 0.1) is 56.0 Å². The molecule has 16 nitrogen and oxygen atoms in total. The Balaban J connectivity index is 1.24. The highest BCUT2D eigenvalue weighted by Gasteiger charge is 2.50. The highest BCUT2D eigenvalue weighted by molar-refractivity contribution is 6.44. The predicted molar refractivity (Wildman–Crippen MR) is 245 cm³/mol. The standard InChI is InChI=1S/C44H44Cl4F6N10O6/c1-59-19-11-25(12-20-59)63(41(67)61(3)39(43(49,50)51)29-7-5-27(35(45)37(29)47)31-23-55-15-17-57-31)69-33(65)9-10-34(66)70-64(26-13-21-60(2)22-14-26)42(68)62(4)40(44(52,53)54)30-8-6-28(36(46)38(30)48)32-24-56-16-18-58-32/h5-10,15-18,23-26,39-40H,11-14,19-22H2,1-4H3/b10-9+/t39-,40-/m0/s1. The van der Waals surface area contributed by atoms with Crippen molar-refractivity contribution in [2.45, 2.75) is 62.2 Å². The molecule has 0 bridgehead atoms. The first kappa shape index (κ1) is 53.8. The average Bonchev–Trinajstić information content (AvgIpc) is 3.32. The summed E-state index contributed by atoms with van der Waals surface area (Å²) in [5.41, 5.74) is -0.470. The van der Waals surface area contributed by atoms with Gasteiger partial charge in [0.25, 0.3) is 0 Å². The molecule has 2 saturated heterocycles. The summed E-state index contributed by atoms with van der Waals surface area (Å²) in [5.74, 6) is -2.86. The Bertz CT molecular complexity index is 2380. The van der Waals surface area contributed by atoms with Gasteiger partial charge in [0.1, 0.15) is 0 Å². The Morgan fingerprint density at radius 1 is 0.600 bits per heavy atom. The van der Waals surface area contributed by atoms with E-state index in [1.807, 2.05) is 9.80 Å². The molecule has 0 aliphatic carbocycles. The van der Waals surface area contributed by atoms with Gasteiger partial charge in [-0.1, -0.05) is 70.7 Å². The Hall–Kier alpha value is -5.52. The number of aromatic nitrogens is 4. The van der Waals surface area contributed by atoms with Crippen molar-refractivity contribution in [3.05, 3.63) is 105 Å². The monoisotopic (exact) mass is 1060 g/mol. The number of rotatable bonds is 10. The third-order valence-corrected chi connectivity index (χ3v) is 13.4. The fourth-order valence-electron chi connectivity index (χ4n) is 7.95. The molecule has 2 atom stereocenters. The van der Waals surface area contributed by atoms with Gasteiger partial charge in [0.15, 0.2) is 12.1 Å². The van der Waals surface area contributed by atoms with Gasteiger partial charge in [-0.25, -0.2) is 19.2 Å². The molecule has 0 unspecified atom stereocenters. The lowest BCUT2D eigenvalue weighted by Gasteiger charge is -2.39. The van der Waals surface area contributed by atoms with E-state index in [2.05, 4.69) is 19.9 Å². The second-order valence-corrected chi connectivity index (χ2v) is 17.9. The van der Waals surface area contributed by atoms with Crippen molar-refractivity contribution < 1.29 is 55.2 Å². The lowest BCUT2D eigenvalue weighted by Crippen LogP contribution is -2.53. The first-order valence-electron chi connectivity index (χ1n) is 21.2. The molecule has 2 aliphatic rings. The van der Waals surface area contributed by atoms with Gasteiger partial charge in [-0.05, 0) is 66.0 Å². The highest BCUT2D eigenvalue weighted by atomic mass is 35.5. The zero-order chi connectivity index (χ0) is 51.2. The van der Waals surface area contributed by atoms with E-state index >= 15 is 26.3 Å². The molecule has 0 saturated carbocycles. The molecule has 6 rings (SSSR count). The minimum absolute atomic E-state index is 0.147. The van der Waals surface area contributed by atoms with Gasteiger partial charge in [0, 0.05) is 73.3 Å². The van der Waals surface area contributed by atoms with Crippen LogP contribution in [0, 0.1) is 0 Å². The van der Waals surface area contributed by atoms with E-state index in [1.165, 1.54) is 49.3 Å². The van der Waals surface area contributed by atoms with Gasteiger partial charge < -0.3 is 29.3 Å². The van der Waals surface area contributed by atoms with Crippen molar-refractivity contribution in [1.82, 2.24) is 49.7 Å². The number of carbonyl (C=O) groups is 4. The molecule has 2 aromatic heterocycles. The summed E-state index contributed by atoms with van der Waals surface area (Å²) >= 11 is 25.8. The number of amides is 4. The number of benzene rings is 2. The number of hydrogen-bond acceptors (Lipinski definition) is 12. The molecule has 0 radical (unpaired) electrons. The molecule has 2 aromatic carbocycles. The van der Waals surface area contributed by atoms with Crippen LogP contribution in [0.2, 0.25) is 20.1 Å². The van der Waals surface area contributed by atoms with Crippen LogP contribution in [-0.4, -0.2) is 152 Å². The second-order valence-electron chi connectivity index (χ2n) is 16.4. The number of likely N-dealkylation sites (tertiary alicyclic amines) is 2. The van der Waals surface area contributed by atoms with Crippen LogP contribution in [0.3, 0.4) is 0 Å². The molecular formula is C44H44Cl4F6N10O6. The zero-order valence-corrected chi connectivity index (χ0v) is 40.6. The van der Waals surface area contributed by atoms with Crippen LogP contribution in [0.1, 0.15) is 48.9 Å². The van der Waals surface area contributed by atoms with E-state index in [1.54, 1.807) is 14.1 Å². The summed E-state index contributed by atoms with van der Waals surface area (Å²) in [6.07, 6.45) is -0.665. The second kappa shape index (κ2) is 22.7. The summed E-state index contributed by atoms with van der Waals surface area (Å²) in [6, 6.07) is -5.66. The molecule has 26 heteroatoms. The largest absolute Gasteiger partial charge is 0.413 e. The maximum absolute atomic E-state index is 15.0. The number of nitrogens with zero attached hydrogens (tertiary/aromatic N) is 10. The molecule has 376 valence electrons. The Morgan fingerprint density at radius 2 is 0.943 bits per heavy atom. The van der Waals surface area contributed by atoms with Crippen LogP contribution in [0.4, 0.5) is 35.9 Å². The molecule has 4 heterocycles. The maximum Gasteiger partial charge on any atom is 0.413 e. The topological polar surface area (TPSA) is 158 Å². The summed E-state index contributed by atoms with van der Waals surface area (Å²) in [5, 5.41) is -0.716. The van der Waals surface area contributed by atoms with Crippen molar-refractivity contribution in [3.63, 3.8) is 0 Å². The maximum atomic E-state index is 15.0. The summed E-state index contributed by atoms with van der Waals surface area (Å²) in [6.45, 7) is 1.40. The van der Waals surface area contributed by atoms with Crippen LogP contribution in [0.25, 0.3) is 22.5 Å². The van der Waals surface area contributed by atoms with Crippen molar-refractivity contribution in [3.8, 4) is 22.5 Å². The lowest BCUT2D eigenvalue weighted by atomic mass is 10.0. The molecule has 0 spiro atoms. The summed E-state index contributed by atoms with van der Waals surface area (Å²) in [4.78, 5) is 86.4. The molecule has 0 N–H and O–H groups in total. The molecule has 4 aromatic rings. The Morgan fingerprint density at radius 3 is 1.24 bits per heavy atom. The molecule has 2 fully saturated rings. The summed E-state index contributed by atoms with van der Waals surface area (Å²) in [7, 11) is 5.21. The number of urea groups is 2. The number of piperidine rings is 2. The first-order valence-corrected chi connectivity index (χ1v) is 22.7. The predicted octanol–water partition coefficient (Wildman–Crippen LogP) is 9.49. The number of halogens is 10. The van der Waals surface area contributed by atoms with Crippen molar-refractivity contribution >= 4 is 70.4 Å². The quantitative estimate of drug-likeness (QED) is 0.0843.